The molecule has 1 aliphatic heterocycles. The molecule has 1 N–H and O–H groups in total. The number of aliphatic carboxylic acids is 1. The number of carbonyl (C=O) groups is 2. The number of hydrogen-bond donors (Lipinski definition) is 1. The maximum Gasteiger partial charge on any atom is 0.326 e. The Kier molecular flexibility index (Phi) is 4.19. The van der Waals surface area contributed by atoms with Gasteiger partial charge in [-0.25, -0.2) is 4.79 Å². The van der Waals surface area contributed by atoms with Crippen LogP contribution in [-0.4, -0.2) is 34.5 Å². The number of carbonyl (C=O) groups excluding carboxylic acids is 1. The number of rotatable bonds is 2. The van der Waals surface area contributed by atoms with Crippen molar-refractivity contribution in [2.45, 2.75) is 51.0 Å². The quantitative estimate of drug-likeness (QED) is 0.914. The maximum atomic E-state index is 13.0. The second-order valence-corrected chi connectivity index (χ2v) is 6.66. The van der Waals surface area contributed by atoms with Crippen LogP contribution in [0.5, 0.6) is 0 Å². The third kappa shape index (κ3) is 2.74. The molecule has 3 unspecified atom stereocenters. The summed E-state index contributed by atoms with van der Waals surface area (Å²) in [6.45, 7) is 2.63. The lowest BCUT2D eigenvalue weighted by Crippen LogP contribution is -2.51. The van der Waals surface area contributed by atoms with Gasteiger partial charge in [0.05, 0.1) is 5.92 Å². The first-order valence-electron chi connectivity index (χ1n) is 8.19. The van der Waals surface area contributed by atoms with Gasteiger partial charge in [-0.3, -0.25) is 4.79 Å². The van der Waals surface area contributed by atoms with Crippen LogP contribution < -0.4 is 0 Å². The zero-order chi connectivity index (χ0) is 15.7. The van der Waals surface area contributed by atoms with Gasteiger partial charge in [-0.1, -0.05) is 31.2 Å². The van der Waals surface area contributed by atoms with Crippen LogP contribution in [0.25, 0.3) is 0 Å². The Balaban J connectivity index is 1.86. The summed E-state index contributed by atoms with van der Waals surface area (Å²) >= 11 is 0. The summed E-state index contributed by atoms with van der Waals surface area (Å²) in [6, 6.07) is 7.43. The molecule has 3 atom stereocenters. The largest absolute Gasteiger partial charge is 0.480 e. The number of carboxylic acids is 1. The zero-order valence-corrected chi connectivity index (χ0v) is 13.0. The molecule has 1 saturated heterocycles. The molecule has 3 rings (SSSR count). The van der Waals surface area contributed by atoms with Crippen molar-refractivity contribution >= 4 is 11.9 Å². The monoisotopic (exact) mass is 301 g/mol. The van der Waals surface area contributed by atoms with Crippen molar-refractivity contribution in [3.05, 3.63) is 35.4 Å². The van der Waals surface area contributed by atoms with Crippen molar-refractivity contribution in [1.29, 1.82) is 0 Å². The summed E-state index contributed by atoms with van der Waals surface area (Å²) in [7, 11) is 0. The fourth-order valence-electron chi connectivity index (χ4n) is 3.85. The van der Waals surface area contributed by atoms with E-state index in [0.29, 0.717) is 18.9 Å². The summed E-state index contributed by atoms with van der Waals surface area (Å²) in [5.41, 5.74) is 2.34. The maximum absolute atomic E-state index is 13.0. The van der Waals surface area contributed by atoms with E-state index in [0.717, 1.165) is 31.2 Å². The van der Waals surface area contributed by atoms with Gasteiger partial charge in [-0.15, -0.1) is 0 Å². The van der Waals surface area contributed by atoms with E-state index in [2.05, 4.69) is 13.0 Å². The Labute approximate surface area is 131 Å². The zero-order valence-electron chi connectivity index (χ0n) is 13.0. The molecule has 1 amide bonds. The van der Waals surface area contributed by atoms with Gasteiger partial charge in [-0.2, -0.15) is 0 Å². The molecule has 22 heavy (non-hydrogen) atoms. The highest BCUT2D eigenvalue weighted by molar-refractivity contribution is 5.89. The second kappa shape index (κ2) is 6.11. The highest BCUT2D eigenvalue weighted by Gasteiger charge is 2.38. The van der Waals surface area contributed by atoms with Crippen molar-refractivity contribution in [1.82, 2.24) is 4.90 Å². The highest BCUT2D eigenvalue weighted by atomic mass is 16.4. The van der Waals surface area contributed by atoms with Crippen molar-refractivity contribution in [3.8, 4) is 0 Å². The Morgan fingerprint density at radius 3 is 2.77 bits per heavy atom. The molecule has 0 spiro atoms. The van der Waals surface area contributed by atoms with Crippen molar-refractivity contribution in [2.24, 2.45) is 5.92 Å². The van der Waals surface area contributed by atoms with Crippen LogP contribution >= 0.6 is 0 Å². The Bertz CT molecular complexity index is 583. The van der Waals surface area contributed by atoms with E-state index in [1.807, 2.05) is 18.2 Å². The molecule has 1 fully saturated rings. The average Bonchev–Trinajstić information content (AvgIpc) is 2.53. The van der Waals surface area contributed by atoms with Crippen molar-refractivity contribution in [3.63, 3.8) is 0 Å². The first-order chi connectivity index (χ1) is 10.6. The van der Waals surface area contributed by atoms with E-state index in [9.17, 15) is 14.7 Å². The summed E-state index contributed by atoms with van der Waals surface area (Å²) in [6.07, 6.45) is 4.29. The summed E-state index contributed by atoms with van der Waals surface area (Å²) < 4.78 is 0. The molecular weight excluding hydrogens is 278 g/mol. The Hall–Kier alpha value is -1.84. The van der Waals surface area contributed by atoms with Gasteiger partial charge in [0.25, 0.3) is 0 Å². The summed E-state index contributed by atoms with van der Waals surface area (Å²) in [5.74, 6) is -0.667. The number of aryl methyl sites for hydroxylation is 1. The number of carboxylic acid groups (broad SMARTS) is 1. The molecule has 1 aliphatic carbocycles. The van der Waals surface area contributed by atoms with Crippen LogP contribution in [0.1, 0.15) is 49.7 Å². The number of nitrogens with zero attached hydrogens (tertiary/aromatic N) is 1. The first-order valence-corrected chi connectivity index (χ1v) is 8.19. The second-order valence-electron chi connectivity index (χ2n) is 6.66. The molecule has 0 radical (unpaired) electrons. The molecule has 0 saturated carbocycles. The predicted molar refractivity (Wildman–Crippen MR) is 83.7 cm³/mol. The molecule has 1 heterocycles. The smallest absolute Gasteiger partial charge is 0.326 e. The van der Waals surface area contributed by atoms with E-state index in [-0.39, 0.29) is 11.8 Å². The van der Waals surface area contributed by atoms with Crippen molar-refractivity contribution < 1.29 is 14.7 Å². The molecule has 118 valence electrons. The predicted octanol–water partition coefficient (Wildman–Crippen LogP) is 2.82. The Morgan fingerprint density at radius 2 is 2.00 bits per heavy atom. The molecule has 2 aliphatic rings. The standard InChI is InChI=1S/C18H23NO3/c1-12-9-10-19(16(11-12)18(21)22)17(20)15-8-4-6-13-5-2-3-7-14(13)15/h2-3,5,7,12,15-16H,4,6,8-11H2,1H3,(H,21,22). The summed E-state index contributed by atoms with van der Waals surface area (Å²) in [4.78, 5) is 26.2. The van der Waals surface area contributed by atoms with Gasteiger partial charge in [0, 0.05) is 6.54 Å². The lowest BCUT2D eigenvalue weighted by atomic mass is 9.81. The van der Waals surface area contributed by atoms with E-state index in [1.54, 1.807) is 4.90 Å². The van der Waals surface area contributed by atoms with Crippen LogP contribution in [0.15, 0.2) is 24.3 Å². The first kappa shape index (κ1) is 15.1. The van der Waals surface area contributed by atoms with Gasteiger partial charge in [0.15, 0.2) is 0 Å². The minimum absolute atomic E-state index is 0.00597. The number of piperidine rings is 1. The molecule has 0 aromatic heterocycles. The van der Waals surface area contributed by atoms with Gasteiger partial charge in [0.1, 0.15) is 6.04 Å². The third-order valence-electron chi connectivity index (χ3n) is 5.10. The number of likely N-dealkylation sites (tertiary alicyclic amines) is 1. The SMILES string of the molecule is CC1CCN(C(=O)C2CCCc3ccccc32)C(C(=O)O)C1. The fraction of sp³-hybridized carbons (Fsp3) is 0.556. The van der Waals surface area contributed by atoms with Crippen LogP contribution in [0.2, 0.25) is 0 Å². The number of fused-ring (bicyclic) bond motifs is 1. The van der Waals surface area contributed by atoms with Crippen LogP contribution in [0, 0.1) is 5.92 Å². The topological polar surface area (TPSA) is 57.6 Å². The average molecular weight is 301 g/mol. The molecule has 1 aromatic rings. The fourth-order valence-corrected chi connectivity index (χ4v) is 3.85. The van der Waals surface area contributed by atoms with Crippen LogP contribution in [0.4, 0.5) is 0 Å². The highest BCUT2D eigenvalue weighted by Crippen LogP contribution is 2.35. The lowest BCUT2D eigenvalue weighted by Gasteiger charge is -2.39. The minimum Gasteiger partial charge on any atom is -0.480 e. The molecule has 4 nitrogen and oxygen atoms in total. The Morgan fingerprint density at radius 1 is 1.23 bits per heavy atom. The van der Waals surface area contributed by atoms with Crippen molar-refractivity contribution in [2.75, 3.05) is 6.54 Å². The van der Waals surface area contributed by atoms with Crippen LogP contribution in [0.3, 0.4) is 0 Å². The molecule has 1 aromatic carbocycles. The lowest BCUT2D eigenvalue weighted by molar-refractivity contribution is -0.153. The van der Waals surface area contributed by atoms with E-state index in [4.69, 9.17) is 0 Å². The van der Waals surface area contributed by atoms with Gasteiger partial charge < -0.3 is 10.0 Å². The number of hydrogen-bond acceptors (Lipinski definition) is 2. The van der Waals surface area contributed by atoms with Gasteiger partial charge in [0.2, 0.25) is 5.91 Å². The van der Waals surface area contributed by atoms with E-state index in [1.165, 1.54) is 5.56 Å². The van der Waals surface area contributed by atoms with Gasteiger partial charge in [-0.05, 0) is 49.1 Å². The van der Waals surface area contributed by atoms with E-state index < -0.39 is 12.0 Å². The normalized spacial score (nSPS) is 28.0. The number of amides is 1. The third-order valence-corrected chi connectivity index (χ3v) is 5.10. The van der Waals surface area contributed by atoms with E-state index >= 15 is 0 Å². The molecule has 4 heteroatoms. The minimum atomic E-state index is -0.871. The van der Waals surface area contributed by atoms with Gasteiger partial charge >= 0.3 is 5.97 Å². The molecular formula is C18H23NO3. The summed E-state index contributed by atoms with van der Waals surface area (Å²) in [5, 5.41) is 9.48. The van der Waals surface area contributed by atoms with Crippen LogP contribution in [-0.2, 0) is 16.0 Å². The number of benzene rings is 1. The molecule has 0 bridgehead atoms.